The van der Waals surface area contributed by atoms with E-state index in [9.17, 15) is 9.18 Å². The van der Waals surface area contributed by atoms with Gasteiger partial charge in [0.05, 0.1) is 0 Å². The van der Waals surface area contributed by atoms with Crippen LogP contribution in [0.1, 0.15) is 31.7 Å². The summed E-state index contributed by atoms with van der Waals surface area (Å²) in [5.74, 6) is -0.108. The fourth-order valence-electron chi connectivity index (χ4n) is 1.70. The molecule has 4 heteroatoms. The van der Waals surface area contributed by atoms with Crippen molar-refractivity contribution >= 4 is 5.91 Å². The molecule has 0 aliphatic carbocycles. The summed E-state index contributed by atoms with van der Waals surface area (Å²) in [7, 11) is 0. The van der Waals surface area contributed by atoms with Crippen molar-refractivity contribution in [3.63, 3.8) is 0 Å². The van der Waals surface area contributed by atoms with E-state index in [1.165, 1.54) is 12.1 Å². The summed E-state index contributed by atoms with van der Waals surface area (Å²) in [5, 5.41) is 6.09. The van der Waals surface area contributed by atoms with E-state index in [1.807, 2.05) is 0 Å². The third kappa shape index (κ3) is 7.57. The van der Waals surface area contributed by atoms with Gasteiger partial charge >= 0.3 is 0 Å². The highest BCUT2D eigenvalue weighted by Gasteiger charge is 1.99. The minimum Gasteiger partial charge on any atom is -0.356 e. The molecule has 0 atom stereocenters. The molecule has 0 spiro atoms. The first kappa shape index (κ1) is 15.6. The maximum absolute atomic E-state index is 12.7. The molecule has 0 heterocycles. The lowest BCUT2D eigenvalue weighted by Gasteiger charge is -2.06. The zero-order chi connectivity index (χ0) is 13.9. The normalized spacial score (nSPS) is 10.4. The van der Waals surface area contributed by atoms with E-state index in [0.717, 1.165) is 37.9 Å². The van der Waals surface area contributed by atoms with Crippen molar-refractivity contribution in [1.82, 2.24) is 10.6 Å². The largest absolute Gasteiger partial charge is 0.356 e. The standard InChI is InChI=1S/C15H23FN2O/c1-2-3-10-18-15(19)9-12-17-11-8-13-4-6-14(16)7-5-13/h4-7,17H,2-3,8-12H2,1H3,(H,18,19). The van der Waals surface area contributed by atoms with Crippen molar-refractivity contribution in [2.75, 3.05) is 19.6 Å². The number of nitrogens with one attached hydrogen (secondary N) is 2. The molecule has 2 N–H and O–H groups in total. The summed E-state index contributed by atoms with van der Waals surface area (Å²) in [6.45, 7) is 4.35. The highest BCUT2D eigenvalue weighted by Crippen LogP contribution is 2.02. The van der Waals surface area contributed by atoms with Crippen LogP contribution in [0.5, 0.6) is 0 Å². The van der Waals surface area contributed by atoms with Gasteiger partial charge in [-0.15, -0.1) is 0 Å². The molecule has 0 fully saturated rings. The summed E-state index contributed by atoms with van der Waals surface area (Å²) >= 11 is 0. The Kier molecular flexibility index (Phi) is 7.82. The number of carbonyl (C=O) groups excluding carboxylic acids is 1. The zero-order valence-corrected chi connectivity index (χ0v) is 11.5. The number of carbonyl (C=O) groups is 1. The summed E-state index contributed by atoms with van der Waals surface area (Å²) in [5.41, 5.74) is 1.10. The molecule has 19 heavy (non-hydrogen) atoms. The fraction of sp³-hybridized carbons (Fsp3) is 0.533. The van der Waals surface area contributed by atoms with Gasteiger partial charge in [0.2, 0.25) is 5.91 Å². The Bertz CT molecular complexity index is 365. The van der Waals surface area contributed by atoms with Crippen LogP contribution in [0.2, 0.25) is 0 Å². The molecule has 0 aliphatic heterocycles. The molecular weight excluding hydrogens is 243 g/mol. The first-order valence-corrected chi connectivity index (χ1v) is 6.94. The molecule has 1 aromatic rings. The van der Waals surface area contributed by atoms with Gasteiger partial charge in [-0.05, 0) is 37.1 Å². The van der Waals surface area contributed by atoms with Crippen LogP contribution in [-0.2, 0) is 11.2 Å². The van der Waals surface area contributed by atoms with Crippen molar-refractivity contribution in [2.24, 2.45) is 0 Å². The third-order valence-corrected chi connectivity index (χ3v) is 2.89. The fourth-order valence-corrected chi connectivity index (χ4v) is 1.70. The average Bonchev–Trinajstić information content (AvgIpc) is 2.41. The van der Waals surface area contributed by atoms with Crippen LogP contribution in [0.4, 0.5) is 4.39 Å². The Morgan fingerprint density at radius 2 is 1.89 bits per heavy atom. The lowest BCUT2D eigenvalue weighted by Crippen LogP contribution is -2.29. The second-order valence-electron chi connectivity index (χ2n) is 4.58. The van der Waals surface area contributed by atoms with Crippen LogP contribution in [0.25, 0.3) is 0 Å². The number of rotatable bonds is 9. The number of benzene rings is 1. The van der Waals surface area contributed by atoms with Gasteiger partial charge in [0.1, 0.15) is 5.82 Å². The molecule has 1 rings (SSSR count). The van der Waals surface area contributed by atoms with E-state index in [2.05, 4.69) is 17.6 Å². The van der Waals surface area contributed by atoms with Crippen LogP contribution in [-0.4, -0.2) is 25.5 Å². The molecule has 0 radical (unpaired) electrons. The number of hydrogen-bond donors (Lipinski definition) is 2. The summed E-state index contributed by atoms with van der Waals surface area (Å²) in [4.78, 5) is 11.4. The number of hydrogen-bond acceptors (Lipinski definition) is 2. The first-order valence-electron chi connectivity index (χ1n) is 6.94. The molecule has 106 valence electrons. The van der Waals surface area contributed by atoms with Gasteiger partial charge in [0.15, 0.2) is 0 Å². The second-order valence-corrected chi connectivity index (χ2v) is 4.58. The second kappa shape index (κ2) is 9.50. The third-order valence-electron chi connectivity index (χ3n) is 2.89. The maximum Gasteiger partial charge on any atom is 0.221 e. The molecular formula is C15H23FN2O. The molecule has 3 nitrogen and oxygen atoms in total. The van der Waals surface area contributed by atoms with Gasteiger partial charge < -0.3 is 10.6 Å². The van der Waals surface area contributed by atoms with Gasteiger partial charge in [0, 0.05) is 19.5 Å². The van der Waals surface area contributed by atoms with Crippen molar-refractivity contribution in [3.05, 3.63) is 35.6 Å². The van der Waals surface area contributed by atoms with Crippen molar-refractivity contribution in [3.8, 4) is 0 Å². The Hall–Kier alpha value is -1.42. The van der Waals surface area contributed by atoms with Gasteiger partial charge in [-0.1, -0.05) is 25.5 Å². The monoisotopic (exact) mass is 266 g/mol. The Labute approximate surface area is 114 Å². The minimum atomic E-state index is -0.208. The predicted octanol–water partition coefficient (Wildman–Crippen LogP) is 2.26. The topological polar surface area (TPSA) is 41.1 Å². The molecule has 0 saturated heterocycles. The van der Waals surface area contributed by atoms with Crippen molar-refractivity contribution in [2.45, 2.75) is 32.6 Å². The summed E-state index contributed by atoms with van der Waals surface area (Å²) < 4.78 is 12.7. The lowest BCUT2D eigenvalue weighted by molar-refractivity contribution is -0.120. The Balaban J connectivity index is 2.01. The van der Waals surface area contributed by atoms with Crippen LogP contribution in [0.15, 0.2) is 24.3 Å². The highest BCUT2D eigenvalue weighted by molar-refractivity contribution is 5.75. The van der Waals surface area contributed by atoms with E-state index in [0.29, 0.717) is 13.0 Å². The van der Waals surface area contributed by atoms with E-state index in [-0.39, 0.29) is 11.7 Å². The van der Waals surface area contributed by atoms with Gasteiger partial charge in [0.25, 0.3) is 0 Å². The number of halogens is 1. The minimum absolute atomic E-state index is 0.0998. The summed E-state index contributed by atoms with van der Waals surface area (Å²) in [6.07, 6.45) is 3.48. The molecule has 0 bridgehead atoms. The molecule has 0 aliphatic rings. The molecule has 0 saturated carbocycles. The number of amides is 1. The van der Waals surface area contributed by atoms with Crippen LogP contribution in [0.3, 0.4) is 0 Å². The highest BCUT2D eigenvalue weighted by atomic mass is 19.1. The first-order chi connectivity index (χ1) is 9.22. The number of unbranched alkanes of at least 4 members (excludes halogenated alkanes) is 1. The van der Waals surface area contributed by atoms with E-state index >= 15 is 0 Å². The molecule has 1 amide bonds. The lowest BCUT2D eigenvalue weighted by atomic mass is 10.1. The van der Waals surface area contributed by atoms with Crippen molar-refractivity contribution < 1.29 is 9.18 Å². The van der Waals surface area contributed by atoms with Gasteiger partial charge in [-0.3, -0.25) is 4.79 Å². The van der Waals surface area contributed by atoms with Crippen LogP contribution < -0.4 is 10.6 Å². The molecule has 0 aromatic heterocycles. The predicted molar refractivity (Wildman–Crippen MR) is 75.5 cm³/mol. The Morgan fingerprint density at radius 1 is 1.16 bits per heavy atom. The van der Waals surface area contributed by atoms with E-state index in [4.69, 9.17) is 0 Å². The summed E-state index contributed by atoms with van der Waals surface area (Å²) in [6, 6.07) is 6.51. The molecule has 0 unspecified atom stereocenters. The zero-order valence-electron chi connectivity index (χ0n) is 11.5. The smallest absolute Gasteiger partial charge is 0.221 e. The van der Waals surface area contributed by atoms with Crippen molar-refractivity contribution in [1.29, 1.82) is 0 Å². The Morgan fingerprint density at radius 3 is 2.58 bits per heavy atom. The van der Waals surface area contributed by atoms with Gasteiger partial charge in [-0.25, -0.2) is 4.39 Å². The van der Waals surface area contributed by atoms with Crippen LogP contribution in [0, 0.1) is 5.82 Å². The van der Waals surface area contributed by atoms with Crippen LogP contribution >= 0.6 is 0 Å². The maximum atomic E-state index is 12.7. The molecule has 1 aromatic carbocycles. The van der Waals surface area contributed by atoms with E-state index < -0.39 is 0 Å². The quantitative estimate of drug-likeness (QED) is 0.673. The van der Waals surface area contributed by atoms with Gasteiger partial charge in [-0.2, -0.15) is 0 Å². The SMILES string of the molecule is CCCCNC(=O)CCNCCc1ccc(F)cc1. The van der Waals surface area contributed by atoms with E-state index in [1.54, 1.807) is 12.1 Å². The average molecular weight is 266 g/mol.